The van der Waals surface area contributed by atoms with E-state index in [2.05, 4.69) is 57.2 Å². The molecule has 1 N–H and O–H groups in total. The number of hydrogen-bond donors (Lipinski definition) is 1. The summed E-state index contributed by atoms with van der Waals surface area (Å²) in [5.41, 5.74) is 5.47. The summed E-state index contributed by atoms with van der Waals surface area (Å²) in [7, 11) is 0. The van der Waals surface area contributed by atoms with Gasteiger partial charge in [-0.1, -0.05) is 54.6 Å². The van der Waals surface area contributed by atoms with Crippen LogP contribution in [0.4, 0.5) is 5.69 Å². The molecule has 0 bridgehead atoms. The lowest BCUT2D eigenvalue weighted by atomic mass is 9.89. The summed E-state index contributed by atoms with van der Waals surface area (Å²) in [6.07, 6.45) is 5.35. The molecule has 40 heavy (non-hydrogen) atoms. The SMILES string of the molecule is CC(=O)Nc1cccc(C2CCN(CCCn3c(C4=COC(Cc5ccccc5)O4)nc4ccccc43)CC2)c1. The van der Waals surface area contributed by atoms with Gasteiger partial charge in [-0.25, -0.2) is 4.98 Å². The summed E-state index contributed by atoms with van der Waals surface area (Å²) in [6, 6.07) is 26.8. The predicted octanol–water partition coefficient (Wildman–Crippen LogP) is 6.18. The van der Waals surface area contributed by atoms with Gasteiger partial charge >= 0.3 is 0 Å². The summed E-state index contributed by atoms with van der Waals surface area (Å²) in [4.78, 5) is 18.9. The molecule has 1 unspecified atom stereocenters. The molecule has 1 saturated heterocycles. The van der Waals surface area contributed by atoms with Crippen molar-refractivity contribution < 1.29 is 14.3 Å². The number of aryl methyl sites for hydroxylation is 1. The van der Waals surface area contributed by atoms with Crippen molar-refractivity contribution in [3.8, 4) is 0 Å². The highest BCUT2D eigenvalue weighted by atomic mass is 16.7. The number of hydrogen-bond acceptors (Lipinski definition) is 5. The molecule has 1 amide bonds. The minimum atomic E-state index is -0.342. The molecule has 7 nitrogen and oxygen atoms in total. The van der Waals surface area contributed by atoms with Crippen molar-refractivity contribution in [3.63, 3.8) is 0 Å². The molecular weight excluding hydrogens is 500 g/mol. The van der Waals surface area contributed by atoms with Crippen LogP contribution in [0.15, 0.2) is 85.1 Å². The molecule has 0 aliphatic carbocycles. The zero-order valence-electron chi connectivity index (χ0n) is 23.0. The maximum Gasteiger partial charge on any atom is 0.244 e. The summed E-state index contributed by atoms with van der Waals surface area (Å²) < 4.78 is 14.4. The molecule has 6 rings (SSSR count). The van der Waals surface area contributed by atoms with Gasteiger partial charge < -0.3 is 24.3 Å². The quantitative estimate of drug-likeness (QED) is 0.277. The van der Waals surface area contributed by atoms with Gasteiger partial charge in [0.1, 0.15) is 6.26 Å². The van der Waals surface area contributed by atoms with E-state index in [9.17, 15) is 4.79 Å². The monoisotopic (exact) mass is 536 g/mol. The lowest BCUT2D eigenvalue weighted by molar-refractivity contribution is -0.114. The number of fused-ring (bicyclic) bond motifs is 1. The fourth-order valence-corrected chi connectivity index (χ4v) is 5.84. The highest BCUT2D eigenvalue weighted by Crippen LogP contribution is 2.31. The third kappa shape index (κ3) is 6.05. The highest BCUT2D eigenvalue weighted by Gasteiger charge is 2.26. The molecule has 206 valence electrons. The molecule has 2 aliphatic rings. The van der Waals surface area contributed by atoms with E-state index in [-0.39, 0.29) is 12.2 Å². The number of ether oxygens (including phenoxy) is 2. The topological polar surface area (TPSA) is 68.6 Å². The van der Waals surface area contributed by atoms with E-state index in [1.807, 2.05) is 36.4 Å². The molecule has 1 fully saturated rings. The number of benzene rings is 3. The first-order valence-electron chi connectivity index (χ1n) is 14.2. The summed E-state index contributed by atoms with van der Waals surface area (Å²) >= 11 is 0. The van der Waals surface area contributed by atoms with Gasteiger partial charge in [0.2, 0.25) is 18.0 Å². The Labute approximate surface area is 235 Å². The van der Waals surface area contributed by atoms with E-state index in [1.165, 1.54) is 11.1 Å². The summed E-state index contributed by atoms with van der Waals surface area (Å²) in [6.45, 7) is 5.61. The molecule has 2 aliphatic heterocycles. The Bertz CT molecular complexity index is 1490. The molecule has 7 heteroatoms. The molecule has 3 aromatic carbocycles. The van der Waals surface area contributed by atoms with Crippen LogP contribution in [0.3, 0.4) is 0 Å². The number of carbonyl (C=O) groups excluding carboxylic acids is 1. The van der Waals surface area contributed by atoms with E-state index in [4.69, 9.17) is 14.5 Å². The van der Waals surface area contributed by atoms with Crippen molar-refractivity contribution in [3.05, 3.63) is 102 Å². The van der Waals surface area contributed by atoms with Crippen LogP contribution in [0.25, 0.3) is 16.8 Å². The summed E-state index contributed by atoms with van der Waals surface area (Å²) in [5, 5.41) is 2.91. The van der Waals surface area contributed by atoms with Crippen LogP contribution in [0, 0.1) is 0 Å². The van der Waals surface area contributed by atoms with E-state index in [0.717, 1.165) is 68.0 Å². The number of aromatic nitrogens is 2. The molecular formula is C33H36N4O3. The Morgan fingerprint density at radius 2 is 1.77 bits per heavy atom. The number of imidazole rings is 1. The van der Waals surface area contributed by atoms with Gasteiger partial charge in [0.15, 0.2) is 5.82 Å². The fraction of sp³-hybridized carbons (Fsp3) is 0.333. The average molecular weight is 537 g/mol. The van der Waals surface area contributed by atoms with Crippen molar-refractivity contribution in [1.82, 2.24) is 14.5 Å². The lowest BCUT2D eigenvalue weighted by Crippen LogP contribution is -2.34. The number of anilines is 1. The van der Waals surface area contributed by atoms with Gasteiger partial charge in [0.05, 0.1) is 11.0 Å². The second-order valence-electron chi connectivity index (χ2n) is 10.7. The van der Waals surface area contributed by atoms with Gasteiger partial charge in [-0.2, -0.15) is 0 Å². The number of para-hydroxylation sites is 2. The lowest BCUT2D eigenvalue weighted by Gasteiger charge is -2.32. The zero-order valence-corrected chi connectivity index (χ0v) is 23.0. The van der Waals surface area contributed by atoms with E-state index in [1.54, 1.807) is 13.2 Å². The second kappa shape index (κ2) is 12.0. The first-order valence-corrected chi connectivity index (χ1v) is 14.2. The van der Waals surface area contributed by atoms with Crippen LogP contribution in [-0.4, -0.2) is 46.3 Å². The number of nitrogens with one attached hydrogen (secondary N) is 1. The number of nitrogens with zero attached hydrogens (tertiary/aromatic N) is 3. The normalized spacial score (nSPS) is 17.8. The van der Waals surface area contributed by atoms with Crippen LogP contribution in [0.5, 0.6) is 0 Å². The minimum Gasteiger partial charge on any atom is -0.458 e. The first kappa shape index (κ1) is 26.1. The predicted molar refractivity (Wildman–Crippen MR) is 158 cm³/mol. The smallest absolute Gasteiger partial charge is 0.244 e. The van der Waals surface area contributed by atoms with Crippen molar-refractivity contribution in [2.45, 2.75) is 51.4 Å². The number of rotatable bonds is 9. The Kier molecular flexibility index (Phi) is 7.82. The highest BCUT2D eigenvalue weighted by molar-refractivity contribution is 5.88. The van der Waals surface area contributed by atoms with E-state index in [0.29, 0.717) is 18.1 Å². The van der Waals surface area contributed by atoms with Gasteiger partial charge in [0, 0.05) is 25.6 Å². The molecule has 0 saturated carbocycles. The van der Waals surface area contributed by atoms with E-state index < -0.39 is 0 Å². The molecule has 1 atom stereocenters. The Hall–Kier alpha value is -4.10. The van der Waals surface area contributed by atoms with Gasteiger partial charge in [-0.15, -0.1) is 0 Å². The van der Waals surface area contributed by atoms with Gasteiger partial charge in [-0.05, 0) is 80.2 Å². The number of likely N-dealkylation sites (tertiary alicyclic amines) is 1. The van der Waals surface area contributed by atoms with Crippen LogP contribution < -0.4 is 5.32 Å². The zero-order chi connectivity index (χ0) is 27.3. The maximum absolute atomic E-state index is 11.4. The number of carbonyl (C=O) groups is 1. The Morgan fingerprint density at radius 1 is 0.975 bits per heavy atom. The number of piperidine rings is 1. The Morgan fingerprint density at radius 3 is 2.60 bits per heavy atom. The van der Waals surface area contributed by atoms with Crippen molar-refractivity contribution in [2.24, 2.45) is 0 Å². The third-order valence-corrected chi connectivity index (χ3v) is 7.83. The largest absolute Gasteiger partial charge is 0.458 e. The van der Waals surface area contributed by atoms with Crippen LogP contribution >= 0.6 is 0 Å². The average Bonchev–Trinajstić information content (AvgIpc) is 3.58. The van der Waals surface area contributed by atoms with Crippen LogP contribution in [0.1, 0.15) is 49.1 Å². The minimum absolute atomic E-state index is 0.0314. The Balaban J connectivity index is 1.06. The molecule has 1 aromatic heterocycles. The van der Waals surface area contributed by atoms with E-state index >= 15 is 0 Å². The van der Waals surface area contributed by atoms with Gasteiger partial charge in [-0.3, -0.25) is 4.79 Å². The molecule has 3 heterocycles. The fourth-order valence-electron chi connectivity index (χ4n) is 5.84. The van der Waals surface area contributed by atoms with Crippen LogP contribution in [-0.2, 0) is 27.2 Å². The molecule has 0 radical (unpaired) electrons. The maximum atomic E-state index is 11.4. The van der Waals surface area contributed by atoms with Crippen molar-refractivity contribution in [1.29, 1.82) is 0 Å². The standard InChI is InChI=1S/C33H36N4O3/c1-24(38)34-28-12-7-11-27(22-28)26-15-19-36(20-16-26)17-8-18-37-30-14-6-5-13-29(30)35-33(37)31-23-39-32(40-31)21-25-9-3-2-4-10-25/h2-7,9-14,22-23,26,32H,8,15-21H2,1H3,(H,34,38). The van der Waals surface area contributed by atoms with Crippen LogP contribution in [0.2, 0.25) is 0 Å². The molecule has 4 aromatic rings. The van der Waals surface area contributed by atoms with Crippen molar-refractivity contribution in [2.75, 3.05) is 25.0 Å². The van der Waals surface area contributed by atoms with Crippen molar-refractivity contribution >= 4 is 28.4 Å². The third-order valence-electron chi connectivity index (χ3n) is 7.83. The number of amides is 1. The first-order chi connectivity index (χ1) is 19.6. The molecule has 0 spiro atoms. The van der Waals surface area contributed by atoms with Gasteiger partial charge in [0.25, 0.3) is 0 Å². The second-order valence-corrected chi connectivity index (χ2v) is 10.7. The summed E-state index contributed by atoms with van der Waals surface area (Å²) in [5.74, 6) is 2.02.